The number of hydrogen-bond acceptors (Lipinski definition) is 7. The molecule has 0 aromatic rings. The number of nitrogens with two attached hydrogens (primary N) is 1. The molecule has 0 aliphatic heterocycles. The summed E-state index contributed by atoms with van der Waals surface area (Å²) in [4.78, 5) is 48.9. The molecule has 1 unspecified atom stereocenters. The third-order valence-corrected chi connectivity index (χ3v) is 1.21. The van der Waals surface area contributed by atoms with Gasteiger partial charge in [0.15, 0.2) is 6.61 Å². The maximum atomic E-state index is 9.96. The van der Waals surface area contributed by atoms with E-state index in [9.17, 15) is 24.0 Å². The van der Waals surface area contributed by atoms with Crippen molar-refractivity contribution in [2.45, 2.75) is 12.5 Å². The van der Waals surface area contributed by atoms with Crippen molar-refractivity contribution in [2.24, 2.45) is 5.73 Å². The summed E-state index contributed by atoms with van der Waals surface area (Å²) in [6.45, 7) is -0.925. The molecule has 0 aromatic carbocycles. The van der Waals surface area contributed by atoms with Crippen LogP contribution in [0.2, 0.25) is 0 Å². The molecule has 0 amide bonds. The van der Waals surface area contributed by atoms with Crippen LogP contribution in [0.5, 0.6) is 0 Å². The van der Waals surface area contributed by atoms with Gasteiger partial charge in [-0.3, -0.25) is 9.59 Å². The smallest absolute Gasteiger partial charge is 0.417 e. The van der Waals surface area contributed by atoms with E-state index in [0.29, 0.717) is 0 Å². The van der Waals surface area contributed by atoms with Crippen LogP contribution in [0.1, 0.15) is 6.42 Å². The molecule has 0 rings (SSSR count). The Kier molecular flexibility index (Phi) is 9.19. The zero-order chi connectivity index (χ0) is 15.6. The Balaban J connectivity index is 0. The number of ether oxygens (including phenoxy) is 1. The van der Waals surface area contributed by atoms with Gasteiger partial charge in [0.05, 0.1) is 6.42 Å². The van der Waals surface area contributed by atoms with Crippen LogP contribution in [-0.2, 0) is 28.7 Å². The van der Waals surface area contributed by atoms with Crippen molar-refractivity contribution in [1.82, 2.24) is 0 Å². The summed E-state index contributed by atoms with van der Waals surface area (Å²) in [5.74, 6) is -7.26. The van der Waals surface area contributed by atoms with Gasteiger partial charge in [-0.2, -0.15) is 0 Å². The van der Waals surface area contributed by atoms with Crippen LogP contribution in [0, 0.1) is 0 Å². The summed E-state index contributed by atoms with van der Waals surface area (Å²) in [7, 11) is 0. The van der Waals surface area contributed by atoms with Crippen LogP contribution in [0.15, 0.2) is 0 Å². The molecule has 11 heteroatoms. The number of carboxylic acid groups (broad SMARTS) is 4. The highest BCUT2D eigenvalue weighted by molar-refractivity contribution is 6.28. The minimum atomic E-state index is -1.80. The number of esters is 1. The Hall–Kier alpha value is -2.69. The highest BCUT2D eigenvalue weighted by atomic mass is 16.6. The number of carboxylic acids is 4. The molecule has 108 valence electrons. The van der Waals surface area contributed by atoms with Crippen LogP contribution in [-0.4, -0.2) is 62.9 Å². The zero-order valence-electron chi connectivity index (χ0n) is 9.31. The SMILES string of the molecule is NC(CC(=O)O)C(=O)O.O=C(O)COC(=O)C(=O)O. The lowest BCUT2D eigenvalue weighted by molar-refractivity contribution is -0.167. The molecule has 0 bridgehead atoms. The van der Waals surface area contributed by atoms with E-state index in [1.165, 1.54) is 0 Å². The molecule has 0 saturated carbocycles. The van der Waals surface area contributed by atoms with Gasteiger partial charge in [-0.25, -0.2) is 14.4 Å². The monoisotopic (exact) mass is 281 g/mol. The largest absolute Gasteiger partial charge is 0.481 e. The molecule has 0 aromatic heterocycles. The molecule has 19 heavy (non-hydrogen) atoms. The van der Waals surface area contributed by atoms with Gasteiger partial charge in [-0.05, 0) is 0 Å². The normalized spacial score (nSPS) is 10.4. The third kappa shape index (κ3) is 13.2. The van der Waals surface area contributed by atoms with Gasteiger partial charge in [-0.1, -0.05) is 0 Å². The minimum absolute atomic E-state index is 0.532. The molecule has 0 saturated heterocycles. The number of aliphatic carboxylic acids is 4. The van der Waals surface area contributed by atoms with Crippen molar-refractivity contribution in [3.63, 3.8) is 0 Å². The lowest BCUT2D eigenvalue weighted by Crippen LogP contribution is -2.32. The molecule has 6 N–H and O–H groups in total. The maximum Gasteiger partial charge on any atom is 0.417 e. The number of carbonyl (C=O) groups excluding carboxylic acids is 1. The summed E-state index contributed by atoms with van der Waals surface area (Å²) >= 11 is 0. The highest BCUT2D eigenvalue weighted by Crippen LogP contribution is 1.86. The second kappa shape index (κ2) is 9.35. The first-order valence-corrected chi connectivity index (χ1v) is 4.40. The van der Waals surface area contributed by atoms with E-state index in [-0.39, 0.29) is 0 Å². The van der Waals surface area contributed by atoms with Crippen molar-refractivity contribution in [2.75, 3.05) is 6.61 Å². The average molecular weight is 281 g/mol. The first-order valence-electron chi connectivity index (χ1n) is 4.40. The topological polar surface area (TPSA) is 202 Å². The van der Waals surface area contributed by atoms with Gasteiger partial charge >= 0.3 is 29.8 Å². The second-order valence-corrected chi connectivity index (χ2v) is 2.82. The molecule has 0 radical (unpaired) electrons. The Bertz CT molecular complexity index is 376. The van der Waals surface area contributed by atoms with E-state index in [2.05, 4.69) is 4.74 Å². The average Bonchev–Trinajstić information content (AvgIpc) is 2.25. The number of carbonyl (C=O) groups is 5. The van der Waals surface area contributed by atoms with E-state index in [1.54, 1.807) is 0 Å². The summed E-state index contributed by atoms with van der Waals surface area (Å²) in [5, 5.41) is 31.7. The molecule has 0 aliphatic rings. The Morgan fingerprint density at radius 3 is 1.63 bits per heavy atom. The summed E-state index contributed by atoms with van der Waals surface area (Å²) < 4.78 is 3.73. The van der Waals surface area contributed by atoms with Crippen LogP contribution in [0.25, 0.3) is 0 Å². The van der Waals surface area contributed by atoms with Crippen molar-refractivity contribution >= 4 is 29.8 Å². The van der Waals surface area contributed by atoms with Crippen LogP contribution < -0.4 is 5.73 Å². The summed E-state index contributed by atoms with van der Waals surface area (Å²) in [6, 6.07) is -1.29. The highest BCUT2D eigenvalue weighted by Gasteiger charge is 2.14. The number of rotatable bonds is 5. The van der Waals surface area contributed by atoms with Crippen LogP contribution in [0.3, 0.4) is 0 Å². The van der Waals surface area contributed by atoms with E-state index in [1.807, 2.05) is 0 Å². The summed E-state index contributed by atoms with van der Waals surface area (Å²) in [5.41, 5.74) is 4.84. The molecule has 1 atom stereocenters. The zero-order valence-corrected chi connectivity index (χ0v) is 9.31. The van der Waals surface area contributed by atoms with Crippen molar-refractivity contribution < 1.29 is 49.1 Å². The lowest BCUT2D eigenvalue weighted by atomic mass is 10.2. The Morgan fingerprint density at radius 2 is 1.42 bits per heavy atom. The lowest BCUT2D eigenvalue weighted by Gasteiger charge is -1.99. The second-order valence-electron chi connectivity index (χ2n) is 2.82. The van der Waals surface area contributed by atoms with Crippen molar-refractivity contribution in [3.05, 3.63) is 0 Å². The van der Waals surface area contributed by atoms with E-state index in [4.69, 9.17) is 26.2 Å². The van der Waals surface area contributed by atoms with Gasteiger partial charge in [0.25, 0.3) is 0 Å². The molecule has 11 nitrogen and oxygen atoms in total. The van der Waals surface area contributed by atoms with E-state index >= 15 is 0 Å². The van der Waals surface area contributed by atoms with Gasteiger partial charge in [-0.15, -0.1) is 0 Å². The number of hydrogen-bond donors (Lipinski definition) is 5. The van der Waals surface area contributed by atoms with Crippen molar-refractivity contribution in [1.29, 1.82) is 0 Å². The third-order valence-electron chi connectivity index (χ3n) is 1.21. The van der Waals surface area contributed by atoms with Gasteiger partial charge < -0.3 is 30.9 Å². The fourth-order valence-electron chi connectivity index (χ4n) is 0.464. The molecule has 0 aliphatic carbocycles. The first-order chi connectivity index (χ1) is 8.57. The standard InChI is InChI=1S/C4H7NO4.C4H4O6/c5-2(4(8)9)1-3(6)7;5-2(6)1-10-4(9)3(7)8/h2H,1,5H2,(H,6,7)(H,8,9);1H2,(H,5,6)(H,7,8). The minimum Gasteiger partial charge on any atom is -0.481 e. The van der Waals surface area contributed by atoms with Gasteiger partial charge in [0, 0.05) is 0 Å². The Labute approximate surface area is 105 Å². The molecule has 0 fully saturated rings. The van der Waals surface area contributed by atoms with Crippen molar-refractivity contribution in [3.8, 4) is 0 Å². The Morgan fingerprint density at radius 1 is 0.947 bits per heavy atom. The predicted octanol–water partition coefficient (Wildman–Crippen LogP) is -2.43. The molecule has 0 heterocycles. The predicted molar refractivity (Wildman–Crippen MR) is 54.1 cm³/mol. The fourth-order valence-corrected chi connectivity index (χ4v) is 0.464. The first kappa shape index (κ1) is 18.7. The van der Waals surface area contributed by atoms with Crippen LogP contribution in [0.4, 0.5) is 0 Å². The van der Waals surface area contributed by atoms with E-state index < -0.39 is 48.9 Å². The van der Waals surface area contributed by atoms with Crippen LogP contribution >= 0.6 is 0 Å². The quantitative estimate of drug-likeness (QED) is 0.265. The summed E-state index contributed by atoms with van der Waals surface area (Å²) in [6.07, 6.45) is -0.532. The molecular formula is C8H11NO10. The van der Waals surface area contributed by atoms with Gasteiger partial charge in [0.1, 0.15) is 6.04 Å². The van der Waals surface area contributed by atoms with Gasteiger partial charge in [0.2, 0.25) is 0 Å². The molecular weight excluding hydrogens is 270 g/mol. The molecule has 0 spiro atoms. The van der Waals surface area contributed by atoms with E-state index in [0.717, 1.165) is 0 Å². The fraction of sp³-hybridized carbons (Fsp3) is 0.375. The maximum absolute atomic E-state index is 9.96.